The van der Waals surface area contributed by atoms with Crippen LogP contribution in [0.4, 0.5) is 0 Å². The molecule has 0 aliphatic carbocycles. The number of pyridine rings is 1. The first-order chi connectivity index (χ1) is 9.33. The summed E-state index contributed by atoms with van der Waals surface area (Å²) in [6.45, 7) is 0. The number of Topliss-reactive ketones (excluding diaryl/α,β-unsaturated/α-hetero) is 1. The Kier molecular flexibility index (Phi) is 3.07. The molecule has 0 fully saturated rings. The van der Waals surface area contributed by atoms with Gasteiger partial charge in [-0.2, -0.15) is 0 Å². The molecule has 2 aromatic carbocycles. The van der Waals surface area contributed by atoms with E-state index in [1.807, 2.05) is 66.7 Å². The highest BCUT2D eigenvalue weighted by molar-refractivity contribution is 5.97. The molecule has 0 atom stereocenters. The smallest absolute Gasteiger partial charge is 0.168 e. The van der Waals surface area contributed by atoms with Gasteiger partial charge in [0.1, 0.15) is 0 Å². The Morgan fingerprint density at radius 1 is 0.842 bits per heavy atom. The molecule has 0 bridgehead atoms. The van der Waals surface area contributed by atoms with Crippen LogP contribution < -0.4 is 0 Å². The molecule has 92 valence electrons. The summed E-state index contributed by atoms with van der Waals surface area (Å²) in [5.74, 6) is 0.100. The van der Waals surface area contributed by atoms with Gasteiger partial charge >= 0.3 is 0 Å². The highest BCUT2D eigenvalue weighted by atomic mass is 16.1. The van der Waals surface area contributed by atoms with E-state index in [2.05, 4.69) is 4.98 Å². The molecule has 1 heterocycles. The van der Waals surface area contributed by atoms with Gasteiger partial charge in [-0.1, -0.05) is 54.6 Å². The summed E-state index contributed by atoms with van der Waals surface area (Å²) < 4.78 is 0. The number of aromatic nitrogens is 1. The molecule has 3 rings (SSSR count). The van der Waals surface area contributed by atoms with E-state index in [4.69, 9.17) is 0 Å². The Hall–Kier alpha value is -2.48. The van der Waals surface area contributed by atoms with E-state index in [1.54, 1.807) is 0 Å². The number of benzene rings is 2. The first kappa shape index (κ1) is 11.6. The van der Waals surface area contributed by atoms with Crippen molar-refractivity contribution in [1.29, 1.82) is 0 Å². The van der Waals surface area contributed by atoms with E-state index in [9.17, 15) is 4.79 Å². The Labute approximate surface area is 111 Å². The lowest BCUT2D eigenvalue weighted by Gasteiger charge is -2.03. The van der Waals surface area contributed by atoms with Crippen molar-refractivity contribution in [2.24, 2.45) is 0 Å². The largest absolute Gasteiger partial charge is 0.294 e. The predicted molar refractivity (Wildman–Crippen MR) is 76.2 cm³/mol. The molecule has 0 saturated heterocycles. The molecule has 0 aliphatic heterocycles. The summed E-state index contributed by atoms with van der Waals surface area (Å²) in [5.41, 5.74) is 2.48. The number of fused-ring (bicyclic) bond motifs is 1. The van der Waals surface area contributed by atoms with Crippen LogP contribution in [0.3, 0.4) is 0 Å². The van der Waals surface area contributed by atoms with Gasteiger partial charge in [-0.25, -0.2) is 0 Å². The Balaban J connectivity index is 1.87. The average molecular weight is 247 g/mol. The Morgan fingerprint density at radius 2 is 1.58 bits per heavy atom. The third-order valence-electron chi connectivity index (χ3n) is 3.09. The maximum atomic E-state index is 12.1. The van der Waals surface area contributed by atoms with Crippen molar-refractivity contribution < 1.29 is 4.79 Å². The highest BCUT2D eigenvalue weighted by Crippen LogP contribution is 2.13. The summed E-state index contributed by atoms with van der Waals surface area (Å²) in [7, 11) is 0. The van der Waals surface area contributed by atoms with Crippen molar-refractivity contribution in [2.45, 2.75) is 6.42 Å². The molecule has 3 aromatic rings. The van der Waals surface area contributed by atoms with Crippen molar-refractivity contribution in [3.8, 4) is 0 Å². The van der Waals surface area contributed by atoms with Crippen LogP contribution in [0.1, 0.15) is 16.1 Å². The van der Waals surface area contributed by atoms with Crippen LogP contribution in [-0.2, 0) is 6.42 Å². The van der Waals surface area contributed by atoms with E-state index in [-0.39, 0.29) is 5.78 Å². The molecule has 2 nitrogen and oxygen atoms in total. The molecular formula is C17H13NO. The van der Waals surface area contributed by atoms with Crippen molar-refractivity contribution in [2.75, 3.05) is 0 Å². The number of ketones is 1. The zero-order valence-electron chi connectivity index (χ0n) is 10.4. The van der Waals surface area contributed by atoms with Gasteiger partial charge in [0.25, 0.3) is 0 Å². The molecule has 0 amide bonds. The number of carbonyl (C=O) groups excluding carboxylic acids is 1. The van der Waals surface area contributed by atoms with Crippen molar-refractivity contribution in [1.82, 2.24) is 4.98 Å². The Bertz CT molecular complexity index is 719. The third kappa shape index (κ3) is 2.52. The van der Waals surface area contributed by atoms with E-state index in [1.165, 1.54) is 0 Å². The third-order valence-corrected chi connectivity index (χ3v) is 3.09. The molecule has 0 N–H and O–H groups in total. The van der Waals surface area contributed by atoms with Gasteiger partial charge in [-0.15, -0.1) is 0 Å². The van der Waals surface area contributed by atoms with Gasteiger partial charge < -0.3 is 0 Å². The maximum Gasteiger partial charge on any atom is 0.168 e. The zero-order valence-corrected chi connectivity index (χ0v) is 10.4. The quantitative estimate of drug-likeness (QED) is 0.661. The number of hydrogen-bond donors (Lipinski definition) is 0. The fourth-order valence-electron chi connectivity index (χ4n) is 2.10. The lowest BCUT2D eigenvalue weighted by atomic mass is 10.1. The lowest BCUT2D eigenvalue weighted by molar-refractivity contribution is 0.0992. The summed E-state index contributed by atoms with van der Waals surface area (Å²) >= 11 is 0. The molecule has 1 aromatic heterocycles. The highest BCUT2D eigenvalue weighted by Gasteiger charge is 2.07. The van der Waals surface area contributed by atoms with E-state index in [0.29, 0.717) is 6.42 Å². The SMILES string of the molecule is O=C(Cc1ccc2ccccc2n1)c1ccccc1. The number of nitrogens with zero attached hydrogens (tertiary/aromatic N) is 1. The minimum atomic E-state index is 0.100. The van der Waals surface area contributed by atoms with Crippen molar-refractivity contribution >= 4 is 16.7 Å². The van der Waals surface area contributed by atoms with Crippen LogP contribution in [-0.4, -0.2) is 10.8 Å². The number of hydrogen-bond acceptors (Lipinski definition) is 2. The van der Waals surface area contributed by atoms with E-state index < -0.39 is 0 Å². The standard InChI is InChI=1S/C17H13NO/c19-17(14-7-2-1-3-8-14)12-15-11-10-13-6-4-5-9-16(13)18-15/h1-11H,12H2. The molecule has 0 aliphatic rings. The van der Waals surface area contributed by atoms with Gasteiger partial charge in [0.2, 0.25) is 0 Å². The molecule has 0 radical (unpaired) electrons. The van der Waals surface area contributed by atoms with Gasteiger partial charge in [-0.05, 0) is 12.1 Å². The molecule has 0 spiro atoms. The minimum Gasteiger partial charge on any atom is -0.294 e. The minimum absolute atomic E-state index is 0.100. The zero-order chi connectivity index (χ0) is 13.1. The first-order valence-electron chi connectivity index (χ1n) is 6.26. The van der Waals surface area contributed by atoms with Gasteiger partial charge in [0, 0.05) is 16.6 Å². The number of para-hydroxylation sites is 1. The van der Waals surface area contributed by atoms with Crippen molar-refractivity contribution in [3.05, 3.63) is 78.0 Å². The molecule has 0 unspecified atom stereocenters. The normalized spacial score (nSPS) is 10.5. The topological polar surface area (TPSA) is 30.0 Å². The van der Waals surface area contributed by atoms with Crippen LogP contribution in [0, 0.1) is 0 Å². The fraction of sp³-hybridized carbons (Fsp3) is 0.0588. The summed E-state index contributed by atoms with van der Waals surface area (Å²) in [6.07, 6.45) is 0.342. The number of rotatable bonds is 3. The van der Waals surface area contributed by atoms with Gasteiger partial charge in [-0.3, -0.25) is 9.78 Å². The van der Waals surface area contributed by atoms with Gasteiger partial charge in [0.05, 0.1) is 11.9 Å². The monoisotopic (exact) mass is 247 g/mol. The summed E-state index contributed by atoms with van der Waals surface area (Å²) in [5, 5.41) is 1.10. The van der Waals surface area contributed by atoms with Crippen molar-refractivity contribution in [3.63, 3.8) is 0 Å². The molecular weight excluding hydrogens is 234 g/mol. The predicted octanol–water partition coefficient (Wildman–Crippen LogP) is 3.66. The van der Waals surface area contributed by atoms with Gasteiger partial charge in [0.15, 0.2) is 5.78 Å². The average Bonchev–Trinajstić information content (AvgIpc) is 2.48. The summed E-state index contributed by atoms with van der Waals surface area (Å²) in [6, 6.07) is 21.2. The van der Waals surface area contributed by atoms with Crippen LogP contribution in [0.25, 0.3) is 10.9 Å². The van der Waals surface area contributed by atoms with Crippen LogP contribution in [0.2, 0.25) is 0 Å². The lowest BCUT2D eigenvalue weighted by Crippen LogP contribution is -2.04. The van der Waals surface area contributed by atoms with Crippen LogP contribution in [0.15, 0.2) is 66.7 Å². The fourth-order valence-corrected chi connectivity index (χ4v) is 2.10. The second-order valence-electron chi connectivity index (χ2n) is 4.46. The molecule has 2 heteroatoms. The van der Waals surface area contributed by atoms with E-state index >= 15 is 0 Å². The molecule has 19 heavy (non-hydrogen) atoms. The first-order valence-corrected chi connectivity index (χ1v) is 6.26. The van der Waals surface area contributed by atoms with Crippen LogP contribution in [0.5, 0.6) is 0 Å². The Morgan fingerprint density at radius 3 is 2.42 bits per heavy atom. The van der Waals surface area contributed by atoms with Crippen LogP contribution >= 0.6 is 0 Å². The molecule has 0 saturated carbocycles. The van der Waals surface area contributed by atoms with E-state index in [0.717, 1.165) is 22.2 Å². The second-order valence-corrected chi connectivity index (χ2v) is 4.46. The second kappa shape index (κ2) is 5.02. The number of carbonyl (C=O) groups is 1. The maximum absolute atomic E-state index is 12.1. The summed E-state index contributed by atoms with van der Waals surface area (Å²) in [4.78, 5) is 16.6.